The van der Waals surface area contributed by atoms with Crippen molar-refractivity contribution in [3.63, 3.8) is 0 Å². The number of rotatable bonds is 8. The SMILES string of the molecule is C[C@H]1[C@@H](CSc2ccccn2)O[C@@H](c2ccc(CNC(=O)C(Cl)(Cl)Cl)cc2)O[C@H]1c1ccc(CO)cc1. The lowest BCUT2D eigenvalue weighted by molar-refractivity contribution is -0.268. The van der Waals surface area contributed by atoms with E-state index in [-0.39, 0.29) is 31.3 Å². The summed E-state index contributed by atoms with van der Waals surface area (Å²) >= 11 is 18.5. The number of halogens is 3. The van der Waals surface area contributed by atoms with E-state index >= 15 is 0 Å². The number of amides is 1. The average molecular weight is 582 g/mol. The summed E-state index contributed by atoms with van der Waals surface area (Å²) in [7, 11) is 0. The van der Waals surface area contributed by atoms with E-state index in [1.54, 1.807) is 18.0 Å². The van der Waals surface area contributed by atoms with Crippen LogP contribution in [0.1, 0.15) is 41.6 Å². The third-order valence-corrected chi connectivity index (χ3v) is 7.67. The highest BCUT2D eigenvalue weighted by Crippen LogP contribution is 2.43. The van der Waals surface area contributed by atoms with Gasteiger partial charge in [0.15, 0.2) is 6.29 Å². The number of pyridine rings is 1. The predicted molar refractivity (Wildman–Crippen MR) is 147 cm³/mol. The minimum atomic E-state index is -2.01. The third kappa shape index (κ3) is 7.60. The molecular weight excluding hydrogens is 555 g/mol. The van der Waals surface area contributed by atoms with Gasteiger partial charge in [-0.05, 0) is 28.8 Å². The number of aromatic nitrogens is 1. The molecule has 2 aromatic carbocycles. The number of benzene rings is 2. The lowest BCUT2D eigenvalue weighted by atomic mass is 9.91. The Morgan fingerprint density at radius 3 is 2.30 bits per heavy atom. The van der Waals surface area contributed by atoms with Crippen molar-refractivity contribution in [2.45, 2.75) is 47.4 Å². The average Bonchev–Trinajstić information content (AvgIpc) is 2.91. The summed E-state index contributed by atoms with van der Waals surface area (Å²) in [6.07, 6.45) is 0.890. The summed E-state index contributed by atoms with van der Waals surface area (Å²) in [6, 6.07) is 21.2. The molecule has 2 heterocycles. The van der Waals surface area contributed by atoms with Crippen molar-refractivity contribution < 1.29 is 19.4 Å². The van der Waals surface area contributed by atoms with E-state index < -0.39 is 16.0 Å². The lowest BCUT2D eigenvalue weighted by Gasteiger charge is -2.41. The van der Waals surface area contributed by atoms with Crippen molar-refractivity contribution in [3.8, 4) is 0 Å². The molecule has 6 nitrogen and oxygen atoms in total. The molecule has 0 aliphatic carbocycles. The summed E-state index contributed by atoms with van der Waals surface area (Å²) in [5.41, 5.74) is 3.57. The number of ether oxygens (including phenoxy) is 2. The molecule has 196 valence electrons. The maximum absolute atomic E-state index is 11.8. The first-order valence-corrected chi connectivity index (χ1v) is 13.8. The predicted octanol–water partition coefficient (Wildman–Crippen LogP) is 6.14. The van der Waals surface area contributed by atoms with Crippen LogP contribution in [0.3, 0.4) is 0 Å². The molecule has 3 aromatic rings. The van der Waals surface area contributed by atoms with Gasteiger partial charge in [0.05, 0.1) is 23.8 Å². The van der Waals surface area contributed by atoms with Gasteiger partial charge < -0.3 is 19.9 Å². The van der Waals surface area contributed by atoms with Crippen LogP contribution in [0.25, 0.3) is 0 Å². The Hall–Kier alpha value is -1.84. The molecule has 0 saturated carbocycles. The van der Waals surface area contributed by atoms with E-state index in [1.165, 1.54) is 0 Å². The van der Waals surface area contributed by atoms with Gasteiger partial charge in [-0.2, -0.15) is 0 Å². The van der Waals surface area contributed by atoms with Gasteiger partial charge in [-0.15, -0.1) is 11.8 Å². The van der Waals surface area contributed by atoms with E-state index in [0.29, 0.717) is 5.75 Å². The summed E-state index contributed by atoms with van der Waals surface area (Å²) in [4.78, 5) is 16.2. The van der Waals surface area contributed by atoms with E-state index in [1.807, 2.05) is 66.7 Å². The first-order valence-electron chi connectivity index (χ1n) is 11.7. The van der Waals surface area contributed by atoms with Gasteiger partial charge >= 0.3 is 0 Å². The largest absolute Gasteiger partial charge is 0.392 e. The van der Waals surface area contributed by atoms with E-state index in [2.05, 4.69) is 17.2 Å². The quantitative estimate of drug-likeness (QED) is 0.246. The van der Waals surface area contributed by atoms with E-state index in [9.17, 15) is 9.90 Å². The van der Waals surface area contributed by atoms with Crippen molar-refractivity contribution in [1.29, 1.82) is 0 Å². The van der Waals surface area contributed by atoms with Crippen LogP contribution >= 0.6 is 46.6 Å². The number of thioether (sulfide) groups is 1. The van der Waals surface area contributed by atoms with E-state index in [4.69, 9.17) is 44.3 Å². The summed E-state index contributed by atoms with van der Waals surface area (Å²) in [5, 5.41) is 13.0. The lowest BCUT2D eigenvalue weighted by Crippen LogP contribution is -2.38. The smallest absolute Gasteiger partial charge is 0.272 e. The number of aliphatic hydroxyl groups is 1. The highest BCUT2D eigenvalue weighted by atomic mass is 35.6. The number of hydrogen-bond acceptors (Lipinski definition) is 6. The van der Waals surface area contributed by atoms with E-state index in [0.717, 1.165) is 27.3 Å². The minimum absolute atomic E-state index is 0.00903. The van der Waals surface area contributed by atoms with Gasteiger partial charge in [-0.3, -0.25) is 4.79 Å². The molecule has 1 aliphatic heterocycles. The fourth-order valence-electron chi connectivity index (χ4n) is 3.99. The van der Waals surface area contributed by atoms with Gasteiger partial charge in [-0.1, -0.05) is 96.3 Å². The van der Waals surface area contributed by atoms with Crippen molar-refractivity contribution in [2.75, 3.05) is 5.75 Å². The standard InChI is InChI=1S/C27H27Cl3N2O4S/c1-17-22(16-37-23-4-2-3-13-31-23)35-25(36-24(17)20-9-7-19(15-33)8-10-20)21-11-5-18(6-12-21)14-32-26(34)27(28,29)30/h2-13,17,22,24-25,33H,14-16H2,1H3,(H,32,34)/t17-,22+,24+,25+/m0/s1. The maximum Gasteiger partial charge on any atom is 0.272 e. The van der Waals surface area contributed by atoms with Crippen LogP contribution in [0.15, 0.2) is 78.0 Å². The van der Waals surface area contributed by atoms with Gasteiger partial charge in [0, 0.05) is 30.0 Å². The Morgan fingerprint density at radius 1 is 1.00 bits per heavy atom. The minimum Gasteiger partial charge on any atom is -0.392 e. The zero-order valence-corrected chi connectivity index (χ0v) is 23.1. The van der Waals surface area contributed by atoms with Crippen molar-refractivity contribution in [2.24, 2.45) is 5.92 Å². The molecule has 1 saturated heterocycles. The molecule has 0 radical (unpaired) electrons. The van der Waals surface area contributed by atoms with Crippen LogP contribution in [0.5, 0.6) is 0 Å². The van der Waals surface area contributed by atoms with Crippen molar-refractivity contribution in [3.05, 3.63) is 95.2 Å². The number of nitrogens with zero attached hydrogens (tertiary/aromatic N) is 1. The normalized spacial score (nSPS) is 22.0. The zero-order chi connectivity index (χ0) is 26.4. The first kappa shape index (κ1) is 28.2. The van der Waals surface area contributed by atoms with Crippen LogP contribution in [0.2, 0.25) is 0 Å². The molecule has 4 rings (SSSR count). The van der Waals surface area contributed by atoms with Crippen molar-refractivity contribution >= 4 is 52.5 Å². The number of carbonyl (C=O) groups is 1. The molecular formula is C27H27Cl3N2O4S. The van der Waals surface area contributed by atoms with Crippen LogP contribution in [-0.2, 0) is 27.4 Å². The second-order valence-electron chi connectivity index (χ2n) is 8.72. The maximum atomic E-state index is 11.8. The molecule has 10 heteroatoms. The molecule has 2 N–H and O–H groups in total. The topological polar surface area (TPSA) is 80.7 Å². The number of hydrogen-bond donors (Lipinski definition) is 2. The molecule has 0 unspecified atom stereocenters. The second-order valence-corrected chi connectivity index (χ2v) is 12.0. The molecule has 1 aromatic heterocycles. The highest BCUT2D eigenvalue weighted by molar-refractivity contribution is 7.99. The van der Waals surface area contributed by atoms with Gasteiger partial charge in [0.2, 0.25) is 0 Å². The fourth-order valence-corrected chi connectivity index (χ4v) is 5.21. The molecule has 1 amide bonds. The number of carbonyl (C=O) groups excluding carboxylic acids is 1. The van der Waals surface area contributed by atoms with Crippen molar-refractivity contribution in [1.82, 2.24) is 10.3 Å². The molecule has 1 fully saturated rings. The summed E-state index contributed by atoms with van der Waals surface area (Å²) in [6.45, 7) is 2.34. The molecule has 0 bridgehead atoms. The Bertz CT molecular complexity index is 1160. The Morgan fingerprint density at radius 2 is 1.68 bits per heavy atom. The number of alkyl halides is 3. The molecule has 0 spiro atoms. The monoisotopic (exact) mass is 580 g/mol. The second kappa shape index (κ2) is 12.8. The fraction of sp³-hybridized carbons (Fsp3) is 0.333. The number of nitrogens with one attached hydrogen (secondary N) is 1. The van der Waals surface area contributed by atoms with Gasteiger partial charge in [0.1, 0.15) is 0 Å². The Labute approximate surface area is 235 Å². The van der Waals surface area contributed by atoms with Crippen LogP contribution in [0.4, 0.5) is 0 Å². The van der Waals surface area contributed by atoms with Gasteiger partial charge in [0.25, 0.3) is 9.70 Å². The van der Waals surface area contributed by atoms with Crippen LogP contribution in [-0.4, -0.2) is 31.6 Å². The Kier molecular flexibility index (Phi) is 9.75. The van der Waals surface area contributed by atoms with Gasteiger partial charge in [-0.25, -0.2) is 4.98 Å². The Balaban J connectivity index is 1.51. The van der Waals surface area contributed by atoms with Crippen LogP contribution < -0.4 is 5.32 Å². The zero-order valence-electron chi connectivity index (χ0n) is 20.0. The molecule has 4 atom stereocenters. The first-order chi connectivity index (χ1) is 17.7. The summed E-state index contributed by atoms with van der Waals surface area (Å²) < 4.78 is 10.9. The molecule has 37 heavy (non-hydrogen) atoms. The summed E-state index contributed by atoms with van der Waals surface area (Å²) in [5.74, 6) is 0.103. The number of aliphatic hydroxyl groups excluding tert-OH is 1. The molecule has 1 aliphatic rings. The highest BCUT2D eigenvalue weighted by Gasteiger charge is 2.38. The third-order valence-electron chi connectivity index (χ3n) is 6.12. The van der Waals surface area contributed by atoms with Crippen LogP contribution in [0, 0.1) is 5.92 Å².